The number of hydrogen-bond donors (Lipinski definition) is 1. The molecule has 0 aliphatic heterocycles. The van der Waals surface area contributed by atoms with Gasteiger partial charge in [-0.1, -0.05) is 16.7 Å². The number of ether oxygens (including phenoxy) is 3. The summed E-state index contributed by atoms with van der Waals surface area (Å²) in [6, 6.07) is 9.71. The molecule has 0 spiro atoms. The molecule has 0 radical (unpaired) electrons. The Morgan fingerprint density at radius 3 is 2.19 bits per heavy atom. The molecule has 1 amide bonds. The minimum atomic E-state index is -0.397. The standard InChI is InChI=1S/C18H16ClN3O5/c1-24-13-8-11(9-14(25-2)15(13)26-3)17-21-22-18(27-17)20-16(23)10-4-6-12(19)7-5-10/h4-9H,1-3H3,(H,20,22,23). The van der Waals surface area contributed by atoms with Crippen molar-refractivity contribution in [2.75, 3.05) is 26.6 Å². The molecule has 27 heavy (non-hydrogen) atoms. The lowest BCUT2D eigenvalue weighted by Gasteiger charge is -2.12. The number of carbonyl (C=O) groups is 1. The van der Waals surface area contributed by atoms with Gasteiger partial charge in [0.1, 0.15) is 0 Å². The van der Waals surface area contributed by atoms with Crippen LogP contribution in [0, 0.1) is 0 Å². The van der Waals surface area contributed by atoms with Crippen molar-refractivity contribution >= 4 is 23.5 Å². The van der Waals surface area contributed by atoms with Crippen molar-refractivity contribution in [3.63, 3.8) is 0 Å². The average molecular weight is 390 g/mol. The molecular formula is C18H16ClN3O5. The fraction of sp³-hybridized carbons (Fsp3) is 0.167. The van der Waals surface area contributed by atoms with Gasteiger partial charge in [-0.2, -0.15) is 0 Å². The molecule has 0 atom stereocenters. The third kappa shape index (κ3) is 3.95. The lowest BCUT2D eigenvalue weighted by Crippen LogP contribution is -2.11. The van der Waals surface area contributed by atoms with Crippen LogP contribution in [0.2, 0.25) is 5.02 Å². The predicted octanol–water partition coefficient (Wildman–Crippen LogP) is 3.67. The Morgan fingerprint density at radius 2 is 1.63 bits per heavy atom. The Kier molecular flexibility index (Phi) is 5.46. The SMILES string of the molecule is COc1cc(-c2nnc(NC(=O)c3ccc(Cl)cc3)o2)cc(OC)c1OC. The quantitative estimate of drug-likeness (QED) is 0.687. The van der Waals surface area contributed by atoms with E-state index in [4.69, 9.17) is 30.2 Å². The first kappa shape index (κ1) is 18.5. The van der Waals surface area contributed by atoms with Gasteiger partial charge in [0.2, 0.25) is 11.6 Å². The highest BCUT2D eigenvalue weighted by Crippen LogP contribution is 2.41. The number of carbonyl (C=O) groups excluding carboxylic acids is 1. The van der Waals surface area contributed by atoms with Crippen LogP contribution in [0.25, 0.3) is 11.5 Å². The molecule has 3 aromatic rings. The van der Waals surface area contributed by atoms with E-state index in [2.05, 4.69) is 15.5 Å². The molecule has 0 unspecified atom stereocenters. The van der Waals surface area contributed by atoms with Gasteiger partial charge >= 0.3 is 6.01 Å². The van der Waals surface area contributed by atoms with E-state index in [0.717, 1.165) is 0 Å². The van der Waals surface area contributed by atoms with Crippen molar-refractivity contribution in [2.24, 2.45) is 0 Å². The zero-order valence-electron chi connectivity index (χ0n) is 14.8. The first-order chi connectivity index (χ1) is 13.0. The number of halogens is 1. The van der Waals surface area contributed by atoms with Crippen LogP contribution in [0.3, 0.4) is 0 Å². The Morgan fingerprint density at radius 1 is 1.00 bits per heavy atom. The van der Waals surface area contributed by atoms with E-state index in [9.17, 15) is 4.79 Å². The van der Waals surface area contributed by atoms with E-state index in [1.807, 2.05) is 0 Å². The monoisotopic (exact) mass is 389 g/mol. The number of hydrogen-bond acceptors (Lipinski definition) is 7. The summed E-state index contributed by atoms with van der Waals surface area (Å²) in [6.07, 6.45) is 0. The Bertz CT molecular complexity index is 931. The van der Waals surface area contributed by atoms with E-state index >= 15 is 0 Å². The highest BCUT2D eigenvalue weighted by Gasteiger charge is 2.18. The fourth-order valence-electron chi connectivity index (χ4n) is 2.37. The molecule has 0 saturated heterocycles. The van der Waals surface area contributed by atoms with Crippen LogP contribution in [0.15, 0.2) is 40.8 Å². The summed E-state index contributed by atoms with van der Waals surface area (Å²) in [4.78, 5) is 12.2. The summed E-state index contributed by atoms with van der Waals surface area (Å²) in [7, 11) is 4.52. The Labute approximate surface area is 160 Å². The van der Waals surface area contributed by atoms with Crippen LogP contribution < -0.4 is 19.5 Å². The van der Waals surface area contributed by atoms with E-state index in [1.165, 1.54) is 21.3 Å². The van der Waals surface area contributed by atoms with Crippen molar-refractivity contribution in [3.8, 4) is 28.7 Å². The number of aromatic nitrogens is 2. The van der Waals surface area contributed by atoms with Crippen molar-refractivity contribution in [1.29, 1.82) is 0 Å². The van der Waals surface area contributed by atoms with Crippen molar-refractivity contribution in [3.05, 3.63) is 47.0 Å². The second-order valence-electron chi connectivity index (χ2n) is 5.29. The second-order valence-corrected chi connectivity index (χ2v) is 5.72. The van der Waals surface area contributed by atoms with E-state index in [0.29, 0.717) is 33.4 Å². The lowest BCUT2D eigenvalue weighted by molar-refractivity contribution is 0.102. The summed E-state index contributed by atoms with van der Waals surface area (Å²) in [5, 5.41) is 10.9. The van der Waals surface area contributed by atoms with Crippen molar-refractivity contribution in [2.45, 2.75) is 0 Å². The lowest BCUT2D eigenvalue weighted by atomic mass is 10.2. The molecule has 0 aliphatic carbocycles. The molecule has 9 heteroatoms. The third-order valence-electron chi connectivity index (χ3n) is 3.66. The number of anilines is 1. The first-order valence-corrected chi connectivity index (χ1v) is 8.14. The molecule has 1 aromatic heterocycles. The van der Waals surface area contributed by atoms with Gasteiger partial charge in [0.25, 0.3) is 5.91 Å². The number of rotatable bonds is 6. The molecule has 3 rings (SSSR count). The van der Waals surface area contributed by atoms with Crippen molar-refractivity contribution < 1.29 is 23.4 Å². The van der Waals surface area contributed by atoms with Crippen LogP contribution in [-0.2, 0) is 0 Å². The number of nitrogens with one attached hydrogen (secondary N) is 1. The molecule has 2 aromatic carbocycles. The number of benzene rings is 2. The number of methoxy groups -OCH3 is 3. The van der Waals surface area contributed by atoms with Gasteiger partial charge in [-0.15, -0.1) is 5.10 Å². The van der Waals surface area contributed by atoms with Gasteiger partial charge in [0, 0.05) is 16.1 Å². The van der Waals surface area contributed by atoms with Crippen LogP contribution >= 0.6 is 11.6 Å². The fourth-order valence-corrected chi connectivity index (χ4v) is 2.49. The van der Waals surface area contributed by atoms with Crippen LogP contribution in [0.4, 0.5) is 6.01 Å². The Hall–Kier alpha value is -3.26. The number of nitrogens with zero attached hydrogens (tertiary/aromatic N) is 2. The van der Waals surface area contributed by atoms with Crippen LogP contribution in [-0.4, -0.2) is 37.4 Å². The Balaban J connectivity index is 1.85. The molecule has 0 aliphatic rings. The summed E-state index contributed by atoms with van der Waals surface area (Å²) < 4.78 is 21.4. The largest absolute Gasteiger partial charge is 0.493 e. The first-order valence-electron chi connectivity index (χ1n) is 7.76. The average Bonchev–Trinajstić information content (AvgIpc) is 3.15. The molecule has 8 nitrogen and oxygen atoms in total. The molecule has 140 valence electrons. The summed E-state index contributed by atoms with van der Waals surface area (Å²) >= 11 is 5.82. The minimum Gasteiger partial charge on any atom is -0.493 e. The van der Waals surface area contributed by atoms with Crippen LogP contribution in [0.1, 0.15) is 10.4 Å². The molecule has 0 bridgehead atoms. The summed E-state index contributed by atoms with van der Waals surface area (Å²) in [6.45, 7) is 0. The van der Waals surface area contributed by atoms with Gasteiger partial charge in [-0.3, -0.25) is 10.1 Å². The smallest absolute Gasteiger partial charge is 0.322 e. The van der Waals surface area contributed by atoms with Gasteiger partial charge in [-0.05, 0) is 36.4 Å². The minimum absolute atomic E-state index is 0.0429. The zero-order chi connectivity index (χ0) is 19.4. The molecule has 1 heterocycles. The second kappa shape index (κ2) is 7.96. The van der Waals surface area contributed by atoms with Gasteiger partial charge < -0.3 is 18.6 Å². The summed E-state index contributed by atoms with van der Waals surface area (Å²) in [5.74, 6) is 1.11. The highest BCUT2D eigenvalue weighted by molar-refractivity contribution is 6.30. The van der Waals surface area contributed by atoms with E-state index in [1.54, 1.807) is 36.4 Å². The maximum Gasteiger partial charge on any atom is 0.322 e. The maximum absolute atomic E-state index is 12.2. The summed E-state index contributed by atoms with van der Waals surface area (Å²) in [5.41, 5.74) is 0.955. The molecular weight excluding hydrogens is 374 g/mol. The third-order valence-corrected chi connectivity index (χ3v) is 3.92. The predicted molar refractivity (Wildman–Crippen MR) is 98.8 cm³/mol. The maximum atomic E-state index is 12.2. The highest BCUT2D eigenvalue weighted by atomic mass is 35.5. The number of amides is 1. The molecule has 0 fully saturated rings. The van der Waals surface area contributed by atoms with Gasteiger partial charge in [0.05, 0.1) is 21.3 Å². The van der Waals surface area contributed by atoms with Gasteiger partial charge in [0.15, 0.2) is 11.5 Å². The van der Waals surface area contributed by atoms with Crippen molar-refractivity contribution in [1.82, 2.24) is 10.2 Å². The molecule has 1 N–H and O–H groups in total. The van der Waals surface area contributed by atoms with Gasteiger partial charge in [-0.25, -0.2) is 0 Å². The van der Waals surface area contributed by atoms with E-state index < -0.39 is 5.91 Å². The molecule has 0 saturated carbocycles. The van der Waals surface area contributed by atoms with Crippen LogP contribution in [0.5, 0.6) is 17.2 Å². The normalized spacial score (nSPS) is 10.4. The zero-order valence-corrected chi connectivity index (χ0v) is 15.5. The van der Waals surface area contributed by atoms with E-state index in [-0.39, 0.29) is 11.9 Å². The topological polar surface area (TPSA) is 95.7 Å².